The van der Waals surface area contributed by atoms with Gasteiger partial charge in [0.1, 0.15) is 0 Å². The summed E-state index contributed by atoms with van der Waals surface area (Å²) in [6.07, 6.45) is 10.1. The van der Waals surface area contributed by atoms with Gasteiger partial charge in [0.05, 0.1) is 0 Å². The van der Waals surface area contributed by atoms with Crippen LogP contribution in [0.3, 0.4) is 0 Å². The minimum Gasteiger partial charge on any atom is -0.371 e. The van der Waals surface area contributed by atoms with Crippen LogP contribution in [0.15, 0.2) is 30.8 Å². The molecule has 0 radical (unpaired) electrons. The van der Waals surface area contributed by atoms with Crippen molar-refractivity contribution >= 4 is 16.9 Å². The van der Waals surface area contributed by atoms with E-state index in [1.54, 1.807) is 33.6 Å². The van der Waals surface area contributed by atoms with Gasteiger partial charge in [-0.15, -0.1) is 0 Å². The minimum atomic E-state index is 1.23. The van der Waals surface area contributed by atoms with Crippen LogP contribution in [0.5, 0.6) is 0 Å². The summed E-state index contributed by atoms with van der Waals surface area (Å²) in [6, 6.07) is 9.82. The van der Waals surface area contributed by atoms with Crippen LogP contribution < -0.4 is 9.80 Å². The van der Waals surface area contributed by atoms with Gasteiger partial charge in [-0.2, -0.15) is 0 Å². The SMILES string of the molecule is C=C(c1cc2c3c(c1)CCCN3CCC2)c1cc2c3c(c1)CCCN3CCC2. The molecule has 0 saturated heterocycles. The highest BCUT2D eigenvalue weighted by Crippen LogP contribution is 2.41. The first kappa shape index (κ1) is 16.7. The van der Waals surface area contributed by atoms with Crippen molar-refractivity contribution in [2.75, 3.05) is 36.0 Å². The van der Waals surface area contributed by atoms with Gasteiger partial charge in [0.25, 0.3) is 0 Å². The predicted octanol–water partition coefficient (Wildman–Crippen LogP) is 5.15. The Kier molecular flexibility index (Phi) is 3.82. The van der Waals surface area contributed by atoms with Gasteiger partial charge >= 0.3 is 0 Å². The molecule has 28 heavy (non-hydrogen) atoms. The second kappa shape index (κ2) is 6.40. The van der Waals surface area contributed by atoms with E-state index in [1.807, 2.05) is 0 Å². The van der Waals surface area contributed by atoms with Crippen molar-refractivity contribution in [2.24, 2.45) is 0 Å². The molecule has 4 aliphatic rings. The van der Waals surface area contributed by atoms with Gasteiger partial charge in [0, 0.05) is 37.6 Å². The summed E-state index contributed by atoms with van der Waals surface area (Å²) in [5.74, 6) is 0. The second-order valence-corrected chi connectivity index (χ2v) is 9.15. The van der Waals surface area contributed by atoms with Gasteiger partial charge in [-0.25, -0.2) is 0 Å². The van der Waals surface area contributed by atoms with Crippen molar-refractivity contribution in [1.82, 2.24) is 0 Å². The van der Waals surface area contributed by atoms with Gasteiger partial charge in [0.2, 0.25) is 0 Å². The fourth-order valence-electron chi connectivity index (χ4n) is 6.12. The zero-order valence-corrected chi connectivity index (χ0v) is 16.9. The van der Waals surface area contributed by atoms with Crippen LogP contribution in [-0.4, -0.2) is 26.2 Å². The van der Waals surface area contributed by atoms with Crippen molar-refractivity contribution < 1.29 is 0 Å². The topological polar surface area (TPSA) is 6.48 Å². The van der Waals surface area contributed by atoms with Crippen molar-refractivity contribution in [3.8, 4) is 0 Å². The van der Waals surface area contributed by atoms with Crippen molar-refractivity contribution in [3.05, 3.63) is 64.2 Å². The first-order valence-corrected chi connectivity index (χ1v) is 11.3. The maximum absolute atomic E-state index is 4.59. The standard InChI is InChI=1S/C26H30N2/c1-18(23-14-19-6-2-10-27-11-3-7-20(15-23)25(19)27)24-16-21-8-4-12-28-13-5-9-22(17-24)26(21)28/h14-17H,1-13H2. The van der Waals surface area contributed by atoms with E-state index in [0.29, 0.717) is 0 Å². The van der Waals surface area contributed by atoms with Gasteiger partial charge in [0.15, 0.2) is 0 Å². The van der Waals surface area contributed by atoms with Gasteiger partial charge in [-0.1, -0.05) is 6.58 Å². The van der Waals surface area contributed by atoms with Gasteiger partial charge in [-0.3, -0.25) is 0 Å². The normalized spacial score (nSPS) is 19.9. The lowest BCUT2D eigenvalue weighted by Crippen LogP contribution is -2.34. The van der Waals surface area contributed by atoms with Crippen LogP contribution in [-0.2, 0) is 25.7 Å². The van der Waals surface area contributed by atoms with E-state index >= 15 is 0 Å². The Morgan fingerprint density at radius 2 is 0.893 bits per heavy atom. The van der Waals surface area contributed by atoms with Crippen LogP contribution in [0.4, 0.5) is 11.4 Å². The smallest absolute Gasteiger partial charge is 0.0431 e. The van der Waals surface area contributed by atoms with E-state index in [4.69, 9.17) is 0 Å². The monoisotopic (exact) mass is 370 g/mol. The largest absolute Gasteiger partial charge is 0.371 e. The maximum Gasteiger partial charge on any atom is 0.0431 e. The lowest BCUT2D eigenvalue weighted by Gasteiger charge is -2.38. The highest BCUT2D eigenvalue weighted by molar-refractivity contribution is 5.83. The van der Waals surface area contributed by atoms with E-state index in [9.17, 15) is 0 Å². The maximum atomic E-state index is 4.59. The third kappa shape index (κ3) is 2.53. The third-order valence-electron chi connectivity index (χ3n) is 7.36. The average Bonchev–Trinajstić information content (AvgIpc) is 2.74. The molecule has 4 heterocycles. The summed E-state index contributed by atoms with van der Waals surface area (Å²) in [5.41, 5.74) is 13.3. The molecule has 2 aromatic carbocycles. The van der Waals surface area contributed by atoms with Crippen molar-refractivity contribution in [1.29, 1.82) is 0 Å². The van der Waals surface area contributed by atoms with Gasteiger partial charge < -0.3 is 9.80 Å². The first-order valence-electron chi connectivity index (χ1n) is 11.3. The number of aryl methyl sites for hydroxylation is 4. The highest BCUT2D eigenvalue weighted by Gasteiger charge is 2.27. The zero-order chi connectivity index (χ0) is 18.7. The molecule has 0 atom stereocenters. The Balaban J connectivity index is 1.43. The molecular formula is C26H30N2. The molecule has 0 aliphatic carbocycles. The summed E-state index contributed by atoms with van der Waals surface area (Å²) in [7, 11) is 0. The molecular weight excluding hydrogens is 340 g/mol. The van der Waals surface area contributed by atoms with E-state index in [1.165, 1.54) is 94.2 Å². The molecule has 144 valence electrons. The number of hydrogen-bond donors (Lipinski definition) is 0. The second-order valence-electron chi connectivity index (χ2n) is 9.15. The average molecular weight is 371 g/mol. The van der Waals surface area contributed by atoms with E-state index in [2.05, 4.69) is 40.6 Å². The first-order chi connectivity index (χ1) is 13.8. The van der Waals surface area contributed by atoms with Crippen molar-refractivity contribution in [3.63, 3.8) is 0 Å². The summed E-state index contributed by atoms with van der Waals surface area (Å²) >= 11 is 0. The lowest BCUT2D eigenvalue weighted by atomic mass is 9.85. The Labute approximate surface area is 168 Å². The van der Waals surface area contributed by atoms with Crippen LogP contribution in [0.1, 0.15) is 59.1 Å². The number of benzene rings is 2. The molecule has 0 saturated carbocycles. The summed E-state index contributed by atoms with van der Waals surface area (Å²) in [4.78, 5) is 5.25. The van der Waals surface area contributed by atoms with E-state index < -0.39 is 0 Å². The van der Waals surface area contributed by atoms with Crippen molar-refractivity contribution in [2.45, 2.75) is 51.4 Å². The Morgan fingerprint density at radius 3 is 1.21 bits per heavy atom. The molecule has 6 rings (SSSR count). The molecule has 2 aromatic rings. The quantitative estimate of drug-likeness (QED) is 0.722. The van der Waals surface area contributed by atoms with Gasteiger partial charge in [-0.05, 0) is 115 Å². The molecule has 0 unspecified atom stereocenters. The molecule has 0 bridgehead atoms. The molecule has 0 N–H and O–H groups in total. The highest BCUT2D eigenvalue weighted by atomic mass is 15.1. The van der Waals surface area contributed by atoms with Crippen LogP contribution in [0.25, 0.3) is 5.57 Å². The predicted molar refractivity (Wildman–Crippen MR) is 119 cm³/mol. The van der Waals surface area contributed by atoms with E-state index in [-0.39, 0.29) is 0 Å². The fourth-order valence-corrected chi connectivity index (χ4v) is 6.12. The molecule has 2 nitrogen and oxygen atoms in total. The molecule has 0 amide bonds. The zero-order valence-electron chi connectivity index (χ0n) is 16.9. The third-order valence-corrected chi connectivity index (χ3v) is 7.36. The van der Waals surface area contributed by atoms with Crippen LogP contribution in [0.2, 0.25) is 0 Å². The summed E-state index contributed by atoms with van der Waals surface area (Å²) in [5, 5.41) is 0. The Bertz CT molecular complexity index is 831. The Morgan fingerprint density at radius 1 is 0.571 bits per heavy atom. The molecule has 0 spiro atoms. The summed E-state index contributed by atoms with van der Waals surface area (Å²) in [6.45, 7) is 9.55. The molecule has 0 aromatic heterocycles. The molecule has 4 aliphatic heterocycles. The lowest BCUT2D eigenvalue weighted by molar-refractivity contribution is 0.633. The van der Waals surface area contributed by atoms with E-state index in [0.717, 1.165) is 0 Å². The van der Waals surface area contributed by atoms with Crippen LogP contribution in [0, 0.1) is 0 Å². The fraction of sp³-hybridized carbons (Fsp3) is 0.462. The molecule has 2 heteroatoms. The number of nitrogens with zero attached hydrogens (tertiary/aromatic N) is 2. The minimum absolute atomic E-state index is 1.23. The number of anilines is 2. The Hall–Kier alpha value is -2.22. The number of hydrogen-bond acceptors (Lipinski definition) is 2. The summed E-state index contributed by atoms with van der Waals surface area (Å²) < 4.78 is 0. The number of rotatable bonds is 2. The van der Waals surface area contributed by atoms with Crippen LogP contribution >= 0.6 is 0 Å². The molecule has 0 fully saturated rings.